The summed E-state index contributed by atoms with van der Waals surface area (Å²) in [6.45, 7) is 5.60. The first-order valence-corrected chi connectivity index (χ1v) is 9.76. The lowest BCUT2D eigenvalue weighted by Gasteiger charge is -2.33. The summed E-state index contributed by atoms with van der Waals surface area (Å²) < 4.78 is 23.5. The van der Waals surface area contributed by atoms with Crippen molar-refractivity contribution in [1.82, 2.24) is 15.0 Å². The zero-order valence-corrected chi connectivity index (χ0v) is 16.4. The number of hydrogen-bond donors (Lipinski definition) is 1. The Labute approximate surface area is 164 Å². The number of piperidine rings is 1. The molecule has 0 aliphatic carbocycles. The second-order valence-corrected chi connectivity index (χ2v) is 7.21. The van der Waals surface area contributed by atoms with Crippen molar-refractivity contribution in [3.05, 3.63) is 29.7 Å². The fourth-order valence-corrected chi connectivity index (χ4v) is 3.78. The first kappa shape index (κ1) is 20.7. The third-order valence-corrected chi connectivity index (χ3v) is 5.43. The van der Waals surface area contributed by atoms with E-state index in [1.807, 2.05) is 6.92 Å². The highest BCUT2D eigenvalue weighted by molar-refractivity contribution is 5.81. The van der Waals surface area contributed by atoms with Gasteiger partial charge in [-0.2, -0.15) is 0 Å². The second kappa shape index (κ2) is 9.45. The van der Waals surface area contributed by atoms with Crippen LogP contribution in [0.15, 0.2) is 22.7 Å². The lowest BCUT2D eigenvalue weighted by molar-refractivity contribution is -0.142. The molecule has 1 saturated heterocycles. The predicted octanol–water partition coefficient (Wildman–Crippen LogP) is 2.00. The molecule has 1 atom stereocenters. The van der Waals surface area contributed by atoms with E-state index in [1.54, 1.807) is 11.0 Å². The highest BCUT2D eigenvalue weighted by Crippen LogP contribution is 2.32. The summed E-state index contributed by atoms with van der Waals surface area (Å²) in [5.74, 6) is -0.327. The average molecular weight is 393 g/mol. The Morgan fingerprint density at radius 1 is 1.46 bits per heavy atom. The largest absolute Gasteiger partial charge is 0.381 e. The summed E-state index contributed by atoms with van der Waals surface area (Å²) in [6.07, 6.45) is 0.762. The van der Waals surface area contributed by atoms with Crippen molar-refractivity contribution >= 4 is 16.9 Å². The number of aromatic nitrogens is 1. The lowest BCUT2D eigenvalue weighted by atomic mass is 9.91. The standard InChI is InChI=1S/C20H28FN3O4/c1-3-24(20(26)17(25)13-27-2)11-10-23-8-6-14(7-9-23)19-16-5-4-15(21)12-18(16)28-22-19/h4-5,12,14,17,25H,3,6-11,13H2,1-2H3/t17-/m1/s1. The van der Waals surface area contributed by atoms with Crippen molar-refractivity contribution < 1.29 is 23.6 Å². The number of halogens is 1. The average Bonchev–Trinajstić information content (AvgIpc) is 3.12. The minimum Gasteiger partial charge on any atom is -0.381 e. The number of benzene rings is 1. The van der Waals surface area contributed by atoms with E-state index >= 15 is 0 Å². The van der Waals surface area contributed by atoms with E-state index in [2.05, 4.69) is 10.1 Å². The van der Waals surface area contributed by atoms with Crippen LogP contribution in [0.4, 0.5) is 4.39 Å². The van der Waals surface area contributed by atoms with Gasteiger partial charge in [0.1, 0.15) is 5.82 Å². The van der Waals surface area contributed by atoms with Crippen LogP contribution >= 0.6 is 0 Å². The van der Waals surface area contributed by atoms with Gasteiger partial charge < -0.3 is 24.2 Å². The number of likely N-dealkylation sites (tertiary alicyclic amines) is 1. The number of ether oxygens (including phenoxy) is 1. The topological polar surface area (TPSA) is 79.0 Å². The predicted molar refractivity (Wildman–Crippen MR) is 103 cm³/mol. The monoisotopic (exact) mass is 393 g/mol. The molecule has 8 heteroatoms. The van der Waals surface area contributed by atoms with Crippen LogP contribution in [-0.4, -0.2) is 78.5 Å². The van der Waals surface area contributed by atoms with Crippen LogP contribution in [0.25, 0.3) is 11.0 Å². The summed E-state index contributed by atoms with van der Waals surface area (Å²) in [4.78, 5) is 16.2. The Kier molecular flexibility index (Phi) is 6.98. The number of nitrogens with zero attached hydrogens (tertiary/aromatic N) is 3. The van der Waals surface area contributed by atoms with Crippen molar-refractivity contribution in [2.45, 2.75) is 31.8 Å². The molecule has 1 aromatic heterocycles. The molecule has 1 N–H and O–H groups in total. The number of aliphatic hydroxyl groups is 1. The van der Waals surface area contributed by atoms with Gasteiger partial charge in [-0.3, -0.25) is 4.79 Å². The molecule has 1 aromatic carbocycles. The summed E-state index contributed by atoms with van der Waals surface area (Å²) in [6, 6.07) is 4.54. The number of rotatable bonds is 8. The first-order valence-electron chi connectivity index (χ1n) is 9.76. The number of carbonyl (C=O) groups excluding carboxylic acids is 1. The molecular formula is C20H28FN3O4. The van der Waals surface area contributed by atoms with E-state index in [4.69, 9.17) is 9.26 Å². The van der Waals surface area contributed by atoms with Gasteiger partial charge in [-0.15, -0.1) is 0 Å². The number of fused-ring (bicyclic) bond motifs is 1. The van der Waals surface area contributed by atoms with E-state index < -0.39 is 6.10 Å². The van der Waals surface area contributed by atoms with Crippen LogP contribution in [0.3, 0.4) is 0 Å². The molecule has 2 aromatic rings. The van der Waals surface area contributed by atoms with Crippen molar-refractivity contribution in [2.75, 3.05) is 46.4 Å². The number of carbonyl (C=O) groups is 1. The molecule has 0 radical (unpaired) electrons. The van der Waals surface area contributed by atoms with Gasteiger partial charge in [-0.1, -0.05) is 5.16 Å². The number of aliphatic hydroxyl groups excluding tert-OH is 1. The van der Waals surface area contributed by atoms with Crippen molar-refractivity contribution in [2.24, 2.45) is 0 Å². The fraction of sp³-hybridized carbons (Fsp3) is 0.600. The van der Waals surface area contributed by atoms with Gasteiger partial charge in [-0.25, -0.2) is 4.39 Å². The zero-order valence-electron chi connectivity index (χ0n) is 16.4. The van der Waals surface area contributed by atoms with Crippen LogP contribution in [0.2, 0.25) is 0 Å². The fourth-order valence-electron chi connectivity index (χ4n) is 3.78. The maximum absolute atomic E-state index is 13.3. The van der Waals surface area contributed by atoms with E-state index in [0.29, 0.717) is 18.7 Å². The van der Waals surface area contributed by atoms with Gasteiger partial charge >= 0.3 is 0 Å². The van der Waals surface area contributed by atoms with Crippen LogP contribution in [0, 0.1) is 5.82 Å². The molecule has 7 nitrogen and oxygen atoms in total. The second-order valence-electron chi connectivity index (χ2n) is 7.21. The van der Waals surface area contributed by atoms with Crippen LogP contribution < -0.4 is 0 Å². The molecule has 1 aliphatic heterocycles. The normalized spacial score (nSPS) is 17.1. The maximum Gasteiger partial charge on any atom is 0.253 e. The molecule has 28 heavy (non-hydrogen) atoms. The van der Waals surface area contributed by atoms with E-state index in [1.165, 1.54) is 19.2 Å². The van der Waals surface area contributed by atoms with Gasteiger partial charge in [-0.05, 0) is 45.0 Å². The Balaban J connectivity index is 1.51. The lowest BCUT2D eigenvalue weighted by Crippen LogP contribution is -2.45. The minimum absolute atomic E-state index is 0.0102. The summed E-state index contributed by atoms with van der Waals surface area (Å²) in [5.41, 5.74) is 1.40. The quantitative estimate of drug-likeness (QED) is 0.739. The Hall–Kier alpha value is -2.03. The van der Waals surface area contributed by atoms with Crippen LogP contribution in [0.5, 0.6) is 0 Å². The molecule has 1 fully saturated rings. The van der Waals surface area contributed by atoms with Crippen molar-refractivity contribution in [3.8, 4) is 0 Å². The van der Waals surface area contributed by atoms with E-state index in [0.717, 1.165) is 43.6 Å². The van der Waals surface area contributed by atoms with Crippen molar-refractivity contribution in [1.29, 1.82) is 0 Å². The molecule has 0 unspecified atom stereocenters. The summed E-state index contributed by atoms with van der Waals surface area (Å²) in [5, 5.41) is 14.9. The van der Waals surface area contributed by atoms with Gasteiger partial charge in [0.2, 0.25) is 0 Å². The summed E-state index contributed by atoms with van der Waals surface area (Å²) in [7, 11) is 1.46. The van der Waals surface area contributed by atoms with Gasteiger partial charge in [0.15, 0.2) is 11.7 Å². The third kappa shape index (κ3) is 4.68. The van der Waals surface area contributed by atoms with E-state index in [9.17, 15) is 14.3 Å². The summed E-state index contributed by atoms with van der Waals surface area (Å²) >= 11 is 0. The van der Waals surface area contributed by atoms with Crippen LogP contribution in [-0.2, 0) is 9.53 Å². The number of amides is 1. The van der Waals surface area contributed by atoms with E-state index in [-0.39, 0.29) is 24.2 Å². The highest BCUT2D eigenvalue weighted by atomic mass is 19.1. The highest BCUT2D eigenvalue weighted by Gasteiger charge is 2.26. The SMILES string of the molecule is CCN(CCN1CCC(c2noc3cc(F)ccc23)CC1)C(=O)[C@H](O)COC. The molecule has 0 bridgehead atoms. The molecule has 1 amide bonds. The molecule has 0 spiro atoms. The Morgan fingerprint density at radius 2 is 2.21 bits per heavy atom. The Bertz CT molecular complexity index is 789. The van der Waals surface area contributed by atoms with Crippen LogP contribution in [0.1, 0.15) is 31.4 Å². The smallest absolute Gasteiger partial charge is 0.253 e. The van der Waals surface area contributed by atoms with Gasteiger partial charge in [0, 0.05) is 44.1 Å². The van der Waals surface area contributed by atoms with Crippen molar-refractivity contribution in [3.63, 3.8) is 0 Å². The molecule has 154 valence electrons. The maximum atomic E-state index is 13.3. The Morgan fingerprint density at radius 3 is 2.89 bits per heavy atom. The molecule has 1 aliphatic rings. The van der Waals surface area contributed by atoms with Gasteiger partial charge in [0.25, 0.3) is 5.91 Å². The number of methoxy groups -OCH3 is 1. The molecular weight excluding hydrogens is 365 g/mol. The number of likely N-dealkylation sites (N-methyl/N-ethyl adjacent to an activating group) is 1. The molecule has 2 heterocycles. The van der Waals surface area contributed by atoms with Gasteiger partial charge in [0.05, 0.1) is 12.3 Å². The molecule has 0 saturated carbocycles. The third-order valence-electron chi connectivity index (χ3n) is 5.43. The molecule has 3 rings (SSSR count). The minimum atomic E-state index is -1.11. The first-order chi connectivity index (χ1) is 13.5. The zero-order chi connectivity index (χ0) is 20.1. The number of hydrogen-bond acceptors (Lipinski definition) is 6.